The average Bonchev–Trinajstić information content (AvgIpc) is 2.73. The molecule has 2 bridgehead atoms. The van der Waals surface area contributed by atoms with Crippen LogP contribution < -0.4 is 10.2 Å². The minimum absolute atomic E-state index is 0.179. The Bertz CT molecular complexity index is 676. The summed E-state index contributed by atoms with van der Waals surface area (Å²) in [6.45, 7) is 8.12. The highest BCUT2D eigenvalue weighted by Crippen LogP contribution is 2.43. The number of fused-ring (bicyclic) bond motifs is 4. The van der Waals surface area contributed by atoms with Crippen molar-refractivity contribution in [1.82, 2.24) is 20.4 Å². The molecule has 1 aromatic heterocycles. The lowest BCUT2D eigenvalue weighted by Gasteiger charge is -2.57. The number of hydrogen-bond donors (Lipinski definition) is 1. The van der Waals surface area contributed by atoms with Crippen LogP contribution in [0.25, 0.3) is 0 Å². The number of aromatic nitrogens is 2. The summed E-state index contributed by atoms with van der Waals surface area (Å²) in [6.07, 6.45) is 8.09. The Morgan fingerprint density at radius 1 is 1.21 bits per heavy atom. The molecule has 28 heavy (non-hydrogen) atoms. The molecule has 0 aromatic carbocycles. The fourth-order valence-electron chi connectivity index (χ4n) is 5.74. The van der Waals surface area contributed by atoms with Gasteiger partial charge in [0.1, 0.15) is 0 Å². The van der Waals surface area contributed by atoms with Crippen LogP contribution in [0.1, 0.15) is 62.9 Å². The molecule has 3 fully saturated rings. The van der Waals surface area contributed by atoms with E-state index in [9.17, 15) is 4.79 Å². The zero-order valence-corrected chi connectivity index (χ0v) is 17.6. The van der Waals surface area contributed by atoms with Gasteiger partial charge >= 0.3 is 0 Å². The number of nitrogens with one attached hydrogen (secondary N) is 1. The van der Waals surface area contributed by atoms with Crippen molar-refractivity contribution in [2.75, 3.05) is 31.6 Å². The lowest BCUT2D eigenvalue weighted by atomic mass is 9.71. The second kappa shape index (κ2) is 8.36. The van der Waals surface area contributed by atoms with Crippen molar-refractivity contribution in [3.8, 4) is 0 Å². The predicted molar refractivity (Wildman–Crippen MR) is 111 cm³/mol. The standard InChI is InChI=1S/C22H35N5O/c1-15(2)7-9-20-17-12-16(19-6-4-5-11-27(19)20)13-26(14-17)21-10-8-18(24-25-21)22(28)23-3/h8,10,15-17,19-20H,4-7,9,11-14H2,1-3H3,(H,23,28)/t16-,17+,19+,20+/m1/s1. The van der Waals surface area contributed by atoms with Crippen LogP contribution in [0.15, 0.2) is 12.1 Å². The molecule has 0 spiro atoms. The summed E-state index contributed by atoms with van der Waals surface area (Å²) in [6, 6.07) is 5.22. The molecule has 4 heterocycles. The van der Waals surface area contributed by atoms with E-state index in [0.29, 0.717) is 17.7 Å². The van der Waals surface area contributed by atoms with Crippen molar-refractivity contribution >= 4 is 11.7 Å². The molecule has 0 unspecified atom stereocenters. The van der Waals surface area contributed by atoms with Crippen LogP contribution in [0.3, 0.4) is 0 Å². The number of carbonyl (C=O) groups excluding carboxylic acids is 1. The van der Waals surface area contributed by atoms with E-state index in [4.69, 9.17) is 0 Å². The average molecular weight is 386 g/mol. The van der Waals surface area contributed by atoms with Gasteiger partial charge in [-0.15, -0.1) is 10.2 Å². The number of carbonyl (C=O) groups is 1. The summed E-state index contributed by atoms with van der Waals surface area (Å²) >= 11 is 0. The summed E-state index contributed by atoms with van der Waals surface area (Å²) in [7, 11) is 1.62. The minimum atomic E-state index is -0.179. The first-order valence-corrected chi connectivity index (χ1v) is 11.1. The van der Waals surface area contributed by atoms with Crippen molar-refractivity contribution in [3.63, 3.8) is 0 Å². The van der Waals surface area contributed by atoms with Gasteiger partial charge in [0, 0.05) is 32.2 Å². The predicted octanol–water partition coefficient (Wildman–Crippen LogP) is 2.95. The van der Waals surface area contributed by atoms with Gasteiger partial charge in [0.05, 0.1) is 0 Å². The molecule has 4 atom stereocenters. The third-order valence-electron chi connectivity index (χ3n) is 7.10. The van der Waals surface area contributed by atoms with Crippen LogP contribution in [0.4, 0.5) is 5.82 Å². The van der Waals surface area contributed by atoms with Crippen molar-refractivity contribution in [2.45, 2.75) is 64.5 Å². The van der Waals surface area contributed by atoms with Crippen LogP contribution in [-0.4, -0.2) is 59.8 Å². The molecule has 3 saturated heterocycles. The van der Waals surface area contributed by atoms with E-state index in [1.54, 1.807) is 13.1 Å². The molecule has 1 aromatic rings. The molecule has 3 aliphatic rings. The van der Waals surface area contributed by atoms with Crippen molar-refractivity contribution in [1.29, 1.82) is 0 Å². The van der Waals surface area contributed by atoms with Crippen molar-refractivity contribution in [3.05, 3.63) is 17.8 Å². The fourth-order valence-corrected chi connectivity index (χ4v) is 5.74. The van der Waals surface area contributed by atoms with Gasteiger partial charge in [-0.05, 0) is 68.5 Å². The molecule has 154 valence electrons. The molecule has 6 heteroatoms. The second-order valence-corrected chi connectivity index (χ2v) is 9.36. The van der Waals surface area contributed by atoms with Crippen molar-refractivity contribution in [2.24, 2.45) is 17.8 Å². The molecule has 0 aliphatic carbocycles. The number of nitrogens with zero attached hydrogens (tertiary/aromatic N) is 4. The lowest BCUT2D eigenvalue weighted by Crippen LogP contribution is -2.63. The summed E-state index contributed by atoms with van der Waals surface area (Å²) < 4.78 is 0. The molecular weight excluding hydrogens is 350 g/mol. The van der Waals surface area contributed by atoms with E-state index in [2.05, 4.69) is 39.2 Å². The van der Waals surface area contributed by atoms with Crippen LogP contribution in [0.5, 0.6) is 0 Å². The third-order valence-corrected chi connectivity index (χ3v) is 7.10. The van der Waals surface area contributed by atoms with Gasteiger partial charge in [0.2, 0.25) is 0 Å². The first-order chi connectivity index (χ1) is 13.6. The van der Waals surface area contributed by atoms with E-state index in [-0.39, 0.29) is 5.91 Å². The first-order valence-electron chi connectivity index (χ1n) is 11.1. The maximum Gasteiger partial charge on any atom is 0.271 e. The van der Waals surface area contributed by atoms with E-state index in [0.717, 1.165) is 36.8 Å². The number of amides is 1. The van der Waals surface area contributed by atoms with E-state index < -0.39 is 0 Å². The SMILES string of the molecule is CNC(=O)c1ccc(N2C[C@H]3C[C@@H](C2)[C@H](CCC(C)C)N2CCCC[C@@H]32)nn1. The Kier molecular flexibility index (Phi) is 5.85. The summed E-state index contributed by atoms with van der Waals surface area (Å²) in [5.41, 5.74) is 0.386. The molecule has 1 amide bonds. The Hall–Kier alpha value is -1.69. The van der Waals surface area contributed by atoms with Crippen LogP contribution in [0, 0.1) is 17.8 Å². The molecule has 0 radical (unpaired) electrons. The van der Waals surface area contributed by atoms with Crippen LogP contribution in [0.2, 0.25) is 0 Å². The number of anilines is 1. The minimum Gasteiger partial charge on any atom is -0.354 e. The molecule has 1 N–H and O–H groups in total. The molecule has 4 rings (SSSR count). The Labute approximate surface area is 169 Å². The lowest BCUT2D eigenvalue weighted by molar-refractivity contribution is -0.0369. The number of piperidine rings is 3. The Balaban J connectivity index is 1.53. The van der Waals surface area contributed by atoms with Gasteiger partial charge in [0.15, 0.2) is 11.5 Å². The van der Waals surface area contributed by atoms with Crippen molar-refractivity contribution < 1.29 is 4.79 Å². The van der Waals surface area contributed by atoms with Crippen LogP contribution in [-0.2, 0) is 0 Å². The Morgan fingerprint density at radius 2 is 2.04 bits per heavy atom. The number of rotatable bonds is 5. The largest absolute Gasteiger partial charge is 0.354 e. The molecule has 0 saturated carbocycles. The van der Waals surface area contributed by atoms with E-state index >= 15 is 0 Å². The topological polar surface area (TPSA) is 61.4 Å². The third kappa shape index (κ3) is 3.88. The van der Waals surface area contributed by atoms with Crippen LogP contribution >= 0.6 is 0 Å². The highest BCUT2D eigenvalue weighted by Gasteiger charge is 2.47. The Morgan fingerprint density at radius 3 is 2.75 bits per heavy atom. The van der Waals surface area contributed by atoms with Gasteiger partial charge in [-0.3, -0.25) is 9.69 Å². The summed E-state index contributed by atoms with van der Waals surface area (Å²) in [4.78, 5) is 17.1. The van der Waals surface area contributed by atoms with Gasteiger partial charge in [-0.1, -0.05) is 20.3 Å². The smallest absolute Gasteiger partial charge is 0.271 e. The molecule has 3 aliphatic heterocycles. The molecular formula is C22H35N5O. The second-order valence-electron chi connectivity index (χ2n) is 9.36. The van der Waals surface area contributed by atoms with Gasteiger partial charge in [-0.25, -0.2) is 0 Å². The number of hydrogen-bond acceptors (Lipinski definition) is 5. The maximum atomic E-state index is 11.8. The summed E-state index contributed by atoms with van der Waals surface area (Å²) in [5.74, 6) is 2.96. The van der Waals surface area contributed by atoms with E-state index in [1.807, 2.05) is 6.07 Å². The monoisotopic (exact) mass is 385 g/mol. The zero-order valence-electron chi connectivity index (χ0n) is 17.6. The quantitative estimate of drug-likeness (QED) is 0.844. The summed E-state index contributed by atoms with van der Waals surface area (Å²) in [5, 5.41) is 11.2. The van der Waals surface area contributed by atoms with Gasteiger partial charge in [-0.2, -0.15) is 0 Å². The van der Waals surface area contributed by atoms with Gasteiger partial charge < -0.3 is 10.2 Å². The highest BCUT2D eigenvalue weighted by atomic mass is 16.1. The fraction of sp³-hybridized carbons (Fsp3) is 0.773. The zero-order chi connectivity index (χ0) is 19.7. The highest BCUT2D eigenvalue weighted by molar-refractivity contribution is 5.91. The van der Waals surface area contributed by atoms with E-state index in [1.165, 1.54) is 45.1 Å². The molecule has 6 nitrogen and oxygen atoms in total. The maximum absolute atomic E-state index is 11.8. The van der Waals surface area contributed by atoms with Gasteiger partial charge in [0.25, 0.3) is 5.91 Å². The first kappa shape index (κ1) is 19.6. The normalized spacial score (nSPS) is 30.2.